The van der Waals surface area contributed by atoms with Crippen molar-refractivity contribution in [2.24, 2.45) is 0 Å². The lowest BCUT2D eigenvalue weighted by atomic mass is 10.2. The number of nitrogens with zero attached hydrogens (tertiary/aromatic N) is 1. The highest BCUT2D eigenvalue weighted by Crippen LogP contribution is 2.22. The smallest absolute Gasteiger partial charge is 0.344 e. The first-order valence-corrected chi connectivity index (χ1v) is 12.6. The number of aryl methyl sites for hydroxylation is 1. The van der Waals surface area contributed by atoms with Crippen LogP contribution in [-0.4, -0.2) is 50.9 Å². The predicted molar refractivity (Wildman–Crippen MR) is 125 cm³/mol. The lowest BCUT2D eigenvalue weighted by Crippen LogP contribution is -2.32. The van der Waals surface area contributed by atoms with Crippen molar-refractivity contribution in [1.82, 2.24) is 4.31 Å². The van der Waals surface area contributed by atoms with E-state index >= 15 is 0 Å². The van der Waals surface area contributed by atoms with Gasteiger partial charge in [0.25, 0.3) is 5.91 Å². The molecule has 0 saturated carbocycles. The molecule has 33 heavy (non-hydrogen) atoms. The van der Waals surface area contributed by atoms with Gasteiger partial charge in [-0.25, -0.2) is 13.2 Å². The second kappa shape index (κ2) is 11.8. The van der Waals surface area contributed by atoms with Crippen LogP contribution in [0.2, 0.25) is 0 Å². The Morgan fingerprint density at radius 3 is 2.33 bits per heavy atom. The molecule has 2 aromatic carbocycles. The molecule has 1 aliphatic rings. The van der Waals surface area contributed by atoms with E-state index in [0.29, 0.717) is 24.5 Å². The van der Waals surface area contributed by atoms with E-state index in [1.807, 2.05) is 19.1 Å². The zero-order chi connectivity index (χ0) is 23.7. The summed E-state index contributed by atoms with van der Waals surface area (Å²) < 4.78 is 37.7. The summed E-state index contributed by atoms with van der Waals surface area (Å²) in [5.41, 5.74) is 1.48. The molecule has 9 heteroatoms. The van der Waals surface area contributed by atoms with Crippen molar-refractivity contribution in [3.8, 4) is 5.75 Å². The number of ether oxygens (including phenoxy) is 2. The third kappa shape index (κ3) is 7.30. The lowest BCUT2D eigenvalue weighted by molar-refractivity contribution is -0.149. The van der Waals surface area contributed by atoms with Crippen LogP contribution in [-0.2, 0) is 30.8 Å². The summed E-state index contributed by atoms with van der Waals surface area (Å²) in [6.07, 6.45) is 4.64. The van der Waals surface area contributed by atoms with Gasteiger partial charge in [-0.1, -0.05) is 38.0 Å². The number of esters is 1. The highest BCUT2D eigenvalue weighted by atomic mass is 32.2. The number of rotatable bonds is 9. The molecule has 0 aliphatic carbocycles. The van der Waals surface area contributed by atoms with Crippen LogP contribution in [0, 0.1) is 0 Å². The number of amides is 1. The molecule has 1 N–H and O–H groups in total. The van der Waals surface area contributed by atoms with Crippen LogP contribution >= 0.6 is 0 Å². The molecular formula is C24H30N2O6S. The Labute approximate surface area is 194 Å². The summed E-state index contributed by atoms with van der Waals surface area (Å²) in [7, 11) is -3.63. The molecular weight excluding hydrogens is 444 g/mol. The Morgan fingerprint density at radius 2 is 1.67 bits per heavy atom. The van der Waals surface area contributed by atoms with E-state index in [4.69, 9.17) is 9.47 Å². The van der Waals surface area contributed by atoms with Crippen LogP contribution in [0.1, 0.15) is 38.2 Å². The van der Waals surface area contributed by atoms with E-state index in [-0.39, 0.29) is 11.5 Å². The molecule has 1 aliphatic heterocycles. The fraction of sp³-hybridized carbons (Fsp3) is 0.417. The summed E-state index contributed by atoms with van der Waals surface area (Å²) in [5.74, 6) is -0.710. The summed E-state index contributed by atoms with van der Waals surface area (Å²) in [4.78, 5) is 24.2. The Bertz CT molecular complexity index is 1040. The zero-order valence-electron chi connectivity index (χ0n) is 18.8. The molecule has 0 bridgehead atoms. The van der Waals surface area contributed by atoms with E-state index in [9.17, 15) is 18.0 Å². The van der Waals surface area contributed by atoms with Gasteiger partial charge in [0.1, 0.15) is 5.75 Å². The first kappa shape index (κ1) is 24.7. The monoisotopic (exact) mass is 474 g/mol. The minimum absolute atomic E-state index is 0.127. The summed E-state index contributed by atoms with van der Waals surface area (Å²) >= 11 is 0. The van der Waals surface area contributed by atoms with Crippen LogP contribution in [0.25, 0.3) is 0 Å². The molecule has 0 spiro atoms. The molecule has 0 radical (unpaired) electrons. The summed E-state index contributed by atoms with van der Waals surface area (Å²) in [6.45, 7) is 2.23. The van der Waals surface area contributed by atoms with E-state index in [0.717, 1.165) is 37.7 Å². The minimum atomic E-state index is -3.63. The van der Waals surface area contributed by atoms with Gasteiger partial charge in [-0.3, -0.25) is 4.79 Å². The van der Waals surface area contributed by atoms with Crippen molar-refractivity contribution < 1.29 is 27.5 Å². The molecule has 0 aromatic heterocycles. The zero-order valence-corrected chi connectivity index (χ0v) is 19.6. The number of nitrogens with one attached hydrogen (secondary N) is 1. The van der Waals surface area contributed by atoms with Gasteiger partial charge in [-0.2, -0.15) is 4.31 Å². The van der Waals surface area contributed by atoms with Gasteiger partial charge in [0.15, 0.2) is 13.2 Å². The topological polar surface area (TPSA) is 102 Å². The van der Waals surface area contributed by atoms with Crippen LogP contribution in [0.3, 0.4) is 0 Å². The lowest BCUT2D eigenvalue weighted by Gasteiger charge is -2.20. The Hall–Kier alpha value is -2.91. The number of benzene rings is 2. The van der Waals surface area contributed by atoms with E-state index < -0.39 is 28.5 Å². The molecule has 178 valence electrons. The normalized spacial score (nSPS) is 14.8. The van der Waals surface area contributed by atoms with Crippen LogP contribution in [0.5, 0.6) is 5.75 Å². The van der Waals surface area contributed by atoms with Crippen molar-refractivity contribution in [3.05, 3.63) is 54.1 Å². The highest BCUT2D eigenvalue weighted by Gasteiger charge is 2.25. The summed E-state index contributed by atoms with van der Waals surface area (Å²) in [5, 5.41) is 2.57. The van der Waals surface area contributed by atoms with Crippen molar-refractivity contribution in [3.63, 3.8) is 0 Å². The average molecular weight is 475 g/mol. The fourth-order valence-corrected chi connectivity index (χ4v) is 5.08. The van der Waals surface area contributed by atoms with Crippen LogP contribution in [0.15, 0.2) is 53.4 Å². The molecule has 1 amide bonds. The van der Waals surface area contributed by atoms with Gasteiger partial charge < -0.3 is 14.8 Å². The van der Waals surface area contributed by atoms with Gasteiger partial charge in [0.2, 0.25) is 10.0 Å². The Kier molecular flexibility index (Phi) is 8.85. The third-order valence-corrected chi connectivity index (χ3v) is 7.27. The molecule has 8 nitrogen and oxygen atoms in total. The van der Waals surface area contributed by atoms with Crippen molar-refractivity contribution >= 4 is 27.6 Å². The Morgan fingerprint density at radius 1 is 0.970 bits per heavy atom. The van der Waals surface area contributed by atoms with Crippen LogP contribution in [0.4, 0.5) is 5.69 Å². The number of sulfonamides is 1. The molecule has 1 fully saturated rings. The average Bonchev–Trinajstić information content (AvgIpc) is 3.12. The van der Waals surface area contributed by atoms with E-state index in [2.05, 4.69) is 5.32 Å². The first-order chi connectivity index (χ1) is 15.9. The van der Waals surface area contributed by atoms with E-state index in [1.54, 1.807) is 24.3 Å². The molecule has 1 heterocycles. The fourth-order valence-electron chi connectivity index (χ4n) is 3.51. The largest absolute Gasteiger partial charge is 0.482 e. The van der Waals surface area contributed by atoms with Gasteiger partial charge in [-0.05, 0) is 55.2 Å². The van der Waals surface area contributed by atoms with Gasteiger partial charge in [0, 0.05) is 18.8 Å². The molecule has 3 rings (SSSR count). The maximum Gasteiger partial charge on any atom is 0.344 e. The molecule has 0 unspecified atom stereocenters. The maximum absolute atomic E-state index is 12.9. The van der Waals surface area contributed by atoms with Gasteiger partial charge >= 0.3 is 5.97 Å². The number of hydrogen-bond acceptors (Lipinski definition) is 6. The van der Waals surface area contributed by atoms with Crippen molar-refractivity contribution in [1.29, 1.82) is 0 Å². The molecule has 0 atom stereocenters. The SMILES string of the molecule is CCc1ccc(OCC(=O)OCC(=O)Nc2cccc(S(=O)(=O)N3CCCCCC3)c2)cc1. The van der Waals surface area contributed by atoms with Crippen LogP contribution < -0.4 is 10.1 Å². The van der Waals surface area contributed by atoms with E-state index in [1.165, 1.54) is 16.4 Å². The van der Waals surface area contributed by atoms with Gasteiger partial charge in [0.05, 0.1) is 4.90 Å². The maximum atomic E-state index is 12.9. The molecule has 1 saturated heterocycles. The quantitative estimate of drug-likeness (QED) is 0.559. The van der Waals surface area contributed by atoms with Gasteiger partial charge in [-0.15, -0.1) is 0 Å². The predicted octanol–water partition coefficient (Wildman–Crippen LogP) is 3.37. The first-order valence-electron chi connectivity index (χ1n) is 11.2. The number of carbonyl (C=O) groups excluding carboxylic acids is 2. The highest BCUT2D eigenvalue weighted by molar-refractivity contribution is 7.89. The van der Waals surface area contributed by atoms with Crippen molar-refractivity contribution in [2.75, 3.05) is 31.6 Å². The standard InChI is InChI=1S/C24H30N2O6S/c1-2-19-10-12-21(13-11-19)31-18-24(28)32-17-23(27)25-20-8-7-9-22(16-20)33(29,30)26-14-5-3-4-6-15-26/h7-13,16H,2-6,14-15,17-18H2,1H3,(H,25,27). The summed E-state index contributed by atoms with van der Waals surface area (Å²) in [6, 6.07) is 13.5. The second-order valence-corrected chi connectivity index (χ2v) is 9.78. The third-order valence-electron chi connectivity index (χ3n) is 5.37. The number of carbonyl (C=O) groups is 2. The number of anilines is 1. The Balaban J connectivity index is 1.49. The van der Waals surface area contributed by atoms with Crippen molar-refractivity contribution in [2.45, 2.75) is 43.9 Å². The number of hydrogen-bond donors (Lipinski definition) is 1. The minimum Gasteiger partial charge on any atom is -0.482 e. The molecule has 2 aromatic rings. The second-order valence-electron chi connectivity index (χ2n) is 7.84.